The van der Waals surface area contributed by atoms with Crippen LogP contribution in [0.3, 0.4) is 0 Å². The Hall–Kier alpha value is -1.40. The van der Waals surface area contributed by atoms with E-state index in [0.29, 0.717) is 0 Å². The average molecular weight is 887 g/mol. The molecule has 4 nitrogen and oxygen atoms in total. The van der Waals surface area contributed by atoms with Gasteiger partial charge in [0.15, 0.2) is 0 Å². The summed E-state index contributed by atoms with van der Waals surface area (Å²) in [5.74, 6) is 4.07. The molecule has 0 fully saturated rings. The Labute approximate surface area is 356 Å². The van der Waals surface area contributed by atoms with Crippen LogP contribution >= 0.6 is 34.0 Å². The second-order valence-electron chi connectivity index (χ2n) is 15.2. The van der Waals surface area contributed by atoms with Gasteiger partial charge >= 0.3 is 0 Å². The third-order valence-corrected chi connectivity index (χ3v) is 9.97. The van der Waals surface area contributed by atoms with E-state index in [1.165, 1.54) is 151 Å². The lowest BCUT2D eigenvalue weighted by Crippen LogP contribution is -2.02. The molecular formula is C48H86Br2O4. The van der Waals surface area contributed by atoms with E-state index in [-0.39, 0.29) is 34.0 Å². The van der Waals surface area contributed by atoms with Crippen LogP contribution in [0.15, 0.2) is 24.3 Å². The molecule has 2 aromatic rings. The second-order valence-corrected chi connectivity index (χ2v) is 15.2. The van der Waals surface area contributed by atoms with E-state index in [1.54, 1.807) is 0 Å². The number of unbranched alkanes of at least 4 members (excludes halogenated alkanes) is 20. The van der Waals surface area contributed by atoms with E-state index >= 15 is 0 Å². The Morgan fingerprint density at radius 1 is 0.278 bits per heavy atom. The van der Waals surface area contributed by atoms with Crippen LogP contribution in [0, 0.1) is 27.7 Å². The van der Waals surface area contributed by atoms with Crippen molar-refractivity contribution in [3.05, 3.63) is 46.5 Å². The summed E-state index contributed by atoms with van der Waals surface area (Å²) in [6.07, 6.45) is 31.2. The Kier molecular flexibility index (Phi) is 39.0. The largest absolute Gasteiger partial charge is 0.493 e. The fourth-order valence-electron chi connectivity index (χ4n) is 6.41. The summed E-state index contributed by atoms with van der Waals surface area (Å²) in [4.78, 5) is 0. The van der Waals surface area contributed by atoms with Gasteiger partial charge in [-0.15, -0.1) is 34.0 Å². The van der Waals surface area contributed by atoms with Crippen molar-refractivity contribution in [2.45, 2.75) is 209 Å². The quantitative estimate of drug-likeness (QED) is 0.0686. The maximum atomic E-state index is 6.00. The summed E-state index contributed by atoms with van der Waals surface area (Å²) in [5.41, 5.74) is 4.72. The first-order chi connectivity index (χ1) is 25.4. The summed E-state index contributed by atoms with van der Waals surface area (Å²) in [6, 6.07) is 8.57. The van der Waals surface area contributed by atoms with Gasteiger partial charge < -0.3 is 18.9 Å². The minimum Gasteiger partial charge on any atom is -0.493 e. The molecule has 54 heavy (non-hydrogen) atoms. The summed E-state index contributed by atoms with van der Waals surface area (Å²) in [7, 11) is 0. The van der Waals surface area contributed by atoms with E-state index in [1.807, 2.05) is 0 Å². The topological polar surface area (TPSA) is 36.9 Å². The molecule has 0 saturated heterocycles. The normalized spacial score (nSPS) is 10.5. The molecule has 2 aromatic carbocycles. The number of hydrogen-bond donors (Lipinski definition) is 0. The molecule has 0 N–H and O–H groups in total. The SMILES string of the molecule is Br.Br.CCCCCCCCOc1cc(C)c(OCCCCCCCC)cc1C.CCCCCCCCOc1cc(C)c(OCCCCCCCC)cc1C. The third-order valence-electron chi connectivity index (χ3n) is 9.97. The zero-order valence-electron chi connectivity index (χ0n) is 36.6. The Bertz CT molecular complexity index is 947. The number of halogens is 2. The molecule has 6 heteroatoms. The first-order valence-corrected chi connectivity index (χ1v) is 22.1. The van der Waals surface area contributed by atoms with E-state index in [0.717, 1.165) is 75.1 Å². The lowest BCUT2D eigenvalue weighted by Gasteiger charge is -2.14. The van der Waals surface area contributed by atoms with Crippen LogP contribution in [0.2, 0.25) is 0 Å². The number of rotatable bonds is 32. The molecular weight excluding hydrogens is 800 g/mol. The van der Waals surface area contributed by atoms with Crippen LogP contribution in [0.4, 0.5) is 0 Å². The van der Waals surface area contributed by atoms with Crippen molar-refractivity contribution in [1.29, 1.82) is 0 Å². The fraction of sp³-hybridized carbons (Fsp3) is 0.750. The zero-order valence-corrected chi connectivity index (χ0v) is 40.0. The van der Waals surface area contributed by atoms with Crippen molar-refractivity contribution >= 4 is 34.0 Å². The molecule has 0 amide bonds. The van der Waals surface area contributed by atoms with Crippen molar-refractivity contribution in [2.75, 3.05) is 26.4 Å². The van der Waals surface area contributed by atoms with Crippen molar-refractivity contribution in [1.82, 2.24) is 0 Å². The molecule has 0 heterocycles. The van der Waals surface area contributed by atoms with Gasteiger partial charge in [-0.05, 0) is 99.9 Å². The van der Waals surface area contributed by atoms with Gasteiger partial charge in [0.2, 0.25) is 0 Å². The Balaban J connectivity index is 0. The van der Waals surface area contributed by atoms with Gasteiger partial charge in [-0.1, -0.05) is 156 Å². The van der Waals surface area contributed by atoms with E-state index in [4.69, 9.17) is 18.9 Å². The predicted molar refractivity (Wildman–Crippen MR) is 248 cm³/mol. The highest BCUT2D eigenvalue weighted by Gasteiger charge is 2.08. The van der Waals surface area contributed by atoms with Crippen LogP contribution in [0.25, 0.3) is 0 Å². The van der Waals surface area contributed by atoms with Crippen LogP contribution < -0.4 is 18.9 Å². The average Bonchev–Trinajstić information content (AvgIpc) is 3.13. The molecule has 316 valence electrons. The molecule has 0 saturated carbocycles. The van der Waals surface area contributed by atoms with E-state index in [9.17, 15) is 0 Å². The molecule has 2 rings (SSSR count). The highest BCUT2D eigenvalue weighted by atomic mass is 79.9. The zero-order chi connectivity index (χ0) is 38.1. The first kappa shape index (κ1) is 54.7. The Morgan fingerprint density at radius 3 is 0.630 bits per heavy atom. The lowest BCUT2D eigenvalue weighted by molar-refractivity contribution is 0.293. The van der Waals surface area contributed by atoms with Gasteiger partial charge in [0, 0.05) is 0 Å². The van der Waals surface area contributed by atoms with Gasteiger partial charge in [0.05, 0.1) is 26.4 Å². The molecule has 0 aromatic heterocycles. The lowest BCUT2D eigenvalue weighted by atomic mass is 10.1. The highest BCUT2D eigenvalue weighted by Crippen LogP contribution is 2.30. The Morgan fingerprint density at radius 2 is 0.444 bits per heavy atom. The van der Waals surface area contributed by atoms with Crippen molar-refractivity contribution in [2.24, 2.45) is 0 Å². The summed E-state index contributed by atoms with van der Waals surface area (Å²) in [5, 5.41) is 0. The van der Waals surface area contributed by atoms with Crippen molar-refractivity contribution in [3.63, 3.8) is 0 Å². The molecule has 0 bridgehead atoms. The van der Waals surface area contributed by atoms with E-state index < -0.39 is 0 Å². The van der Waals surface area contributed by atoms with Gasteiger partial charge in [0.1, 0.15) is 23.0 Å². The predicted octanol–water partition coefficient (Wildman–Crippen LogP) is 16.7. The molecule has 0 aliphatic rings. The number of benzene rings is 2. The smallest absolute Gasteiger partial charge is 0.122 e. The van der Waals surface area contributed by atoms with Crippen LogP contribution in [0.1, 0.15) is 204 Å². The van der Waals surface area contributed by atoms with Gasteiger partial charge in [-0.3, -0.25) is 0 Å². The molecule has 0 unspecified atom stereocenters. The number of hydrogen-bond acceptors (Lipinski definition) is 4. The van der Waals surface area contributed by atoms with Crippen molar-refractivity contribution in [3.8, 4) is 23.0 Å². The van der Waals surface area contributed by atoms with Gasteiger partial charge in [0.25, 0.3) is 0 Å². The molecule has 0 aliphatic carbocycles. The fourth-order valence-corrected chi connectivity index (χ4v) is 6.41. The monoisotopic (exact) mass is 884 g/mol. The third kappa shape index (κ3) is 28.1. The highest BCUT2D eigenvalue weighted by molar-refractivity contribution is 8.93. The molecule has 0 aliphatic heterocycles. The van der Waals surface area contributed by atoms with Gasteiger partial charge in [-0.25, -0.2) is 0 Å². The molecule has 0 spiro atoms. The maximum absolute atomic E-state index is 6.00. The van der Waals surface area contributed by atoms with Crippen LogP contribution in [-0.2, 0) is 0 Å². The first-order valence-electron chi connectivity index (χ1n) is 22.1. The summed E-state index contributed by atoms with van der Waals surface area (Å²) < 4.78 is 24.0. The van der Waals surface area contributed by atoms with Crippen LogP contribution in [0.5, 0.6) is 23.0 Å². The number of ether oxygens (including phenoxy) is 4. The molecule has 0 atom stereocenters. The van der Waals surface area contributed by atoms with Gasteiger partial charge in [-0.2, -0.15) is 0 Å². The summed E-state index contributed by atoms with van der Waals surface area (Å²) >= 11 is 0. The second kappa shape index (κ2) is 38.5. The molecule has 0 radical (unpaired) electrons. The maximum Gasteiger partial charge on any atom is 0.122 e. The minimum absolute atomic E-state index is 0. The van der Waals surface area contributed by atoms with Crippen molar-refractivity contribution < 1.29 is 18.9 Å². The standard InChI is InChI=1S/2C24H42O2.2BrH/c2*1-5-7-9-11-13-15-17-25-23-19-22(4)24(20-21(23)3)26-18-16-14-12-10-8-6-2;;/h2*19-20H,5-18H2,1-4H3;2*1H. The van der Waals surface area contributed by atoms with E-state index in [2.05, 4.69) is 79.7 Å². The minimum atomic E-state index is 0. The van der Waals surface area contributed by atoms with Crippen LogP contribution in [-0.4, -0.2) is 26.4 Å². The number of aryl methyl sites for hydroxylation is 4. The summed E-state index contributed by atoms with van der Waals surface area (Å²) in [6.45, 7) is 20.8.